The number of methoxy groups -OCH3 is 1. The molecule has 2 aromatic carbocycles. The lowest BCUT2D eigenvalue weighted by Crippen LogP contribution is -2.50. The maximum absolute atomic E-state index is 13.9. The van der Waals surface area contributed by atoms with Crippen molar-refractivity contribution in [3.8, 4) is 5.75 Å². The van der Waals surface area contributed by atoms with E-state index in [4.69, 9.17) is 16.3 Å². The zero-order chi connectivity index (χ0) is 19.6. The van der Waals surface area contributed by atoms with Crippen molar-refractivity contribution in [3.63, 3.8) is 0 Å². The third-order valence-electron chi connectivity index (χ3n) is 4.42. The zero-order valence-corrected chi connectivity index (χ0v) is 16.9. The van der Waals surface area contributed by atoms with Gasteiger partial charge in [0.05, 0.1) is 18.2 Å². The molecule has 0 spiro atoms. The highest BCUT2D eigenvalue weighted by atomic mass is 79.9. The molecule has 0 unspecified atom stereocenters. The number of hydrogen-bond acceptors (Lipinski definition) is 3. The van der Waals surface area contributed by atoms with Crippen LogP contribution in [0.15, 0.2) is 40.9 Å². The number of hydrogen-bond donors (Lipinski definition) is 0. The first-order chi connectivity index (χ1) is 12.9. The standard InChI is InChI=1S/C19H17BrClFN2O3/c1-27-13-3-4-16(20)14(11-13)18(25)23-6-8-24(9-7-23)19(26)15-10-12(21)2-5-17(15)22/h2-5,10-11H,6-9H2,1H3. The second-order valence-corrected chi connectivity index (χ2v) is 7.35. The second kappa shape index (κ2) is 8.27. The minimum absolute atomic E-state index is 0.0576. The Kier molecular flexibility index (Phi) is 6.01. The van der Waals surface area contributed by atoms with Gasteiger partial charge in [0.1, 0.15) is 11.6 Å². The van der Waals surface area contributed by atoms with Crippen LogP contribution in [0, 0.1) is 5.82 Å². The van der Waals surface area contributed by atoms with Crippen LogP contribution in [0.5, 0.6) is 5.75 Å². The molecule has 0 saturated carbocycles. The molecular formula is C19H17BrClFN2O3. The lowest BCUT2D eigenvalue weighted by molar-refractivity contribution is 0.0532. The van der Waals surface area contributed by atoms with Crippen LogP contribution in [0.4, 0.5) is 4.39 Å². The number of carbonyl (C=O) groups excluding carboxylic acids is 2. The summed E-state index contributed by atoms with van der Waals surface area (Å²) in [4.78, 5) is 28.5. The van der Waals surface area contributed by atoms with Gasteiger partial charge in [0.15, 0.2) is 0 Å². The fourth-order valence-electron chi connectivity index (χ4n) is 2.91. The van der Waals surface area contributed by atoms with Crippen LogP contribution in [0.25, 0.3) is 0 Å². The van der Waals surface area contributed by atoms with Gasteiger partial charge in [0.25, 0.3) is 11.8 Å². The second-order valence-electron chi connectivity index (χ2n) is 6.05. The minimum Gasteiger partial charge on any atom is -0.497 e. The zero-order valence-electron chi connectivity index (χ0n) is 14.5. The Balaban J connectivity index is 1.69. The number of ether oxygens (including phenoxy) is 1. The molecule has 1 fully saturated rings. The van der Waals surface area contributed by atoms with E-state index in [1.165, 1.54) is 30.2 Å². The number of rotatable bonds is 3. The maximum Gasteiger partial charge on any atom is 0.257 e. The van der Waals surface area contributed by atoms with Crippen molar-refractivity contribution in [3.05, 3.63) is 62.8 Å². The third kappa shape index (κ3) is 4.25. The van der Waals surface area contributed by atoms with Crippen molar-refractivity contribution in [1.82, 2.24) is 9.80 Å². The summed E-state index contributed by atoms with van der Waals surface area (Å²) in [6.45, 7) is 1.35. The van der Waals surface area contributed by atoms with E-state index in [9.17, 15) is 14.0 Å². The molecule has 0 N–H and O–H groups in total. The fourth-order valence-corrected chi connectivity index (χ4v) is 3.50. The molecule has 3 rings (SSSR count). The normalized spacial score (nSPS) is 14.2. The Bertz CT molecular complexity index is 885. The first-order valence-electron chi connectivity index (χ1n) is 8.28. The lowest BCUT2D eigenvalue weighted by Gasteiger charge is -2.35. The van der Waals surface area contributed by atoms with Gasteiger partial charge < -0.3 is 14.5 Å². The van der Waals surface area contributed by atoms with Gasteiger partial charge >= 0.3 is 0 Å². The first-order valence-corrected chi connectivity index (χ1v) is 9.45. The lowest BCUT2D eigenvalue weighted by atomic mass is 10.1. The summed E-state index contributed by atoms with van der Waals surface area (Å²) in [6, 6.07) is 9.09. The van der Waals surface area contributed by atoms with Crippen molar-refractivity contribution in [2.45, 2.75) is 0 Å². The highest BCUT2D eigenvalue weighted by Crippen LogP contribution is 2.25. The molecule has 0 bridgehead atoms. The summed E-state index contributed by atoms with van der Waals surface area (Å²) >= 11 is 9.25. The number of benzene rings is 2. The van der Waals surface area contributed by atoms with E-state index < -0.39 is 11.7 Å². The number of amides is 2. The summed E-state index contributed by atoms with van der Waals surface area (Å²) < 4.78 is 19.8. The summed E-state index contributed by atoms with van der Waals surface area (Å²) in [5.41, 5.74) is 0.438. The number of piperazine rings is 1. The van der Waals surface area contributed by atoms with E-state index in [-0.39, 0.29) is 11.5 Å². The number of nitrogens with zero attached hydrogens (tertiary/aromatic N) is 2. The van der Waals surface area contributed by atoms with Crippen LogP contribution >= 0.6 is 27.5 Å². The number of carbonyl (C=O) groups is 2. The van der Waals surface area contributed by atoms with E-state index in [0.717, 1.165) is 0 Å². The molecule has 2 amide bonds. The van der Waals surface area contributed by atoms with Crippen molar-refractivity contribution in [2.24, 2.45) is 0 Å². The average molecular weight is 456 g/mol. The van der Waals surface area contributed by atoms with Gasteiger partial charge in [-0.05, 0) is 52.3 Å². The predicted octanol–water partition coefficient (Wildman–Crippen LogP) is 3.85. The van der Waals surface area contributed by atoms with Crippen LogP contribution in [0.3, 0.4) is 0 Å². The van der Waals surface area contributed by atoms with Crippen LogP contribution in [0.2, 0.25) is 5.02 Å². The molecule has 142 valence electrons. The Morgan fingerprint density at radius 3 is 2.19 bits per heavy atom. The monoisotopic (exact) mass is 454 g/mol. The summed E-state index contributed by atoms with van der Waals surface area (Å²) in [5.74, 6) is -0.596. The van der Waals surface area contributed by atoms with Crippen molar-refractivity contribution in [2.75, 3.05) is 33.3 Å². The largest absolute Gasteiger partial charge is 0.497 e. The first kappa shape index (κ1) is 19.6. The van der Waals surface area contributed by atoms with E-state index >= 15 is 0 Å². The highest BCUT2D eigenvalue weighted by molar-refractivity contribution is 9.10. The van der Waals surface area contributed by atoms with Gasteiger partial charge in [-0.1, -0.05) is 11.6 Å². The van der Waals surface area contributed by atoms with Gasteiger partial charge in [0.2, 0.25) is 0 Å². The topological polar surface area (TPSA) is 49.9 Å². The molecule has 5 nitrogen and oxygen atoms in total. The summed E-state index contributed by atoms with van der Waals surface area (Å²) in [5, 5.41) is 0.302. The molecule has 2 aromatic rings. The van der Waals surface area contributed by atoms with Crippen LogP contribution < -0.4 is 4.74 Å². The molecule has 1 heterocycles. The van der Waals surface area contributed by atoms with Gasteiger partial charge in [-0.25, -0.2) is 4.39 Å². The SMILES string of the molecule is COc1ccc(Br)c(C(=O)N2CCN(C(=O)c3cc(Cl)ccc3F)CC2)c1. The van der Waals surface area contributed by atoms with Crippen LogP contribution in [0.1, 0.15) is 20.7 Å². The van der Waals surface area contributed by atoms with E-state index in [1.54, 1.807) is 23.1 Å². The van der Waals surface area contributed by atoms with Crippen LogP contribution in [-0.2, 0) is 0 Å². The Hall–Kier alpha value is -2.12. The highest BCUT2D eigenvalue weighted by Gasteiger charge is 2.27. The number of halogens is 3. The molecule has 0 atom stereocenters. The fraction of sp³-hybridized carbons (Fsp3) is 0.263. The van der Waals surface area contributed by atoms with E-state index in [1.807, 2.05) is 0 Å². The third-order valence-corrected chi connectivity index (χ3v) is 5.34. The molecule has 1 aliphatic heterocycles. The molecule has 0 aromatic heterocycles. The molecule has 27 heavy (non-hydrogen) atoms. The van der Waals surface area contributed by atoms with Gasteiger partial charge in [-0.15, -0.1) is 0 Å². The van der Waals surface area contributed by atoms with E-state index in [0.29, 0.717) is 47.0 Å². The summed E-state index contributed by atoms with van der Waals surface area (Å²) in [7, 11) is 1.54. The van der Waals surface area contributed by atoms with Crippen molar-refractivity contribution < 1.29 is 18.7 Å². The smallest absolute Gasteiger partial charge is 0.257 e. The average Bonchev–Trinajstić information content (AvgIpc) is 2.69. The quantitative estimate of drug-likeness (QED) is 0.706. The van der Waals surface area contributed by atoms with Crippen molar-refractivity contribution in [1.29, 1.82) is 0 Å². The Labute approximate surface area is 169 Å². The molecule has 0 aliphatic carbocycles. The molecular weight excluding hydrogens is 439 g/mol. The molecule has 1 saturated heterocycles. The van der Waals surface area contributed by atoms with Crippen molar-refractivity contribution >= 4 is 39.3 Å². The minimum atomic E-state index is -0.608. The molecule has 1 aliphatic rings. The predicted molar refractivity (Wildman–Crippen MR) is 104 cm³/mol. The molecule has 8 heteroatoms. The molecule has 0 radical (unpaired) electrons. The Morgan fingerprint density at radius 2 is 1.59 bits per heavy atom. The Morgan fingerprint density at radius 1 is 1.00 bits per heavy atom. The maximum atomic E-state index is 13.9. The van der Waals surface area contributed by atoms with Gasteiger partial charge in [-0.3, -0.25) is 9.59 Å². The van der Waals surface area contributed by atoms with Crippen LogP contribution in [-0.4, -0.2) is 54.9 Å². The van der Waals surface area contributed by atoms with E-state index in [2.05, 4.69) is 15.9 Å². The van der Waals surface area contributed by atoms with Gasteiger partial charge in [0, 0.05) is 35.7 Å². The summed E-state index contributed by atoms with van der Waals surface area (Å²) in [6.07, 6.45) is 0. The van der Waals surface area contributed by atoms with Gasteiger partial charge in [-0.2, -0.15) is 0 Å².